The minimum Gasteiger partial charge on any atom is -0.493 e. The maximum Gasteiger partial charge on any atom is 0.161 e. The van der Waals surface area contributed by atoms with Gasteiger partial charge in [-0.2, -0.15) is 0 Å². The second-order valence-corrected chi connectivity index (χ2v) is 7.69. The van der Waals surface area contributed by atoms with Crippen LogP contribution in [0.15, 0.2) is 48.5 Å². The van der Waals surface area contributed by atoms with Crippen molar-refractivity contribution >= 4 is 0 Å². The van der Waals surface area contributed by atoms with Crippen molar-refractivity contribution in [2.24, 2.45) is 0 Å². The molecule has 0 bridgehead atoms. The Morgan fingerprint density at radius 3 is 2.52 bits per heavy atom. The summed E-state index contributed by atoms with van der Waals surface area (Å²) in [5.74, 6) is 1.57. The van der Waals surface area contributed by atoms with E-state index in [4.69, 9.17) is 14.2 Å². The third-order valence-electron chi connectivity index (χ3n) is 5.59. The van der Waals surface area contributed by atoms with Crippen LogP contribution >= 0.6 is 0 Å². The van der Waals surface area contributed by atoms with E-state index in [0.29, 0.717) is 12.6 Å². The highest BCUT2D eigenvalue weighted by Gasteiger charge is 2.33. The largest absolute Gasteiger partial charge is 0.493 e. The first-order valence-electron chi connectivity index (χ1n) is 10.6. The Labute approximate surface area is 174 Å². The quantitative estimate of drug-likeness (QED) is 0.631. The van der Waals surface area contributed by atoms with Crippen LogP contribution in [0.5, 0.6) is 11.5 Å². The fourth-order valence-electron chi connectivity index (χ4n) is 3.96. The molecule has 1 heterocycles. The lowest BCUT2D eigenvalue weighted by Crippen LogP contribution is -2.56. The number of methoxy groups -OCH3 is 1. The molecule has 5 heteroatoms. The van der Waals surface area contributed by atoms with Crippen LogP contribution in [0.3, 0.4) is 0 Å². The molecule has 158 valence electrons. The topological polar surface area (TPSA) is 51.8 Å². The highest BCUT2D eigenvalue weighted by molar-refractivity contribution is 5.42. The number of hydrogen-bond acceptors (Lipinski definition) is 5. The third-order valence-corrected chi connectivity index (χ3v) is 5.59. The molecule has 1 aliphatic rings. The Hall–Kier alpha value is -2.08. The van der Waals surface area contributed by atoms with Gasteiger partial charge >= 0.3 is 0 Å². The molecule has 0 saturated carbocycles. The molecule has 0 aliphatic carbocycles. The first-order chi connectivity index (χ1) is 14.2. The lowest BCUT2D eigenvalue weighted by atomic mass is 9.88. The van der Waals surface area contributed by atoms with Crippen LogP contribution in [0.2, 0.25) is 0 Å². The van der Waals surface area contributed by atoms with Crippen LogP contribution in [0, 0.1) is 0 Å². The molecule has 3 rings (SSSR count). The molecule has 0 unspecified atom stereocenters. The number of hydrogen-bond donors (Lipinski definition) is 2. The van der Waals surface area contributed by atoms with Gasteiger partial charge in [-0.1, -0.05) is 36.4 Å². The molecule has 0 spiro atoms. The van der Waals surface area contributed by atoms with Gasteiger partial charge in [0.05, 0.1) is 13.7 Å². The van der Waals surface area contributed by atoms with Crippen molar-refractivity contribution in [3.8, 4) is 11.5 Å². The van der Waals surface area contributed by atoms with Crippen molar-refractivity contribution < 1.29 is 14.2 Å². The Balaban J connectivity index is 1.62. The highest BCUT2D eigenvalue weighted by Crippen LogP contribution is 2.28. The molecule has 2 aromatic rings. The normalized spacial score (nSPS) is 16.9. The zero-order valence-electron chi connectivity index (χ0n) is 17.9. The second kappa shape index (κ2) is 10.6. The van der Waals surface area contributed by atoms with Gasteiger partial charge in [-0.15, -0.1) is 0 Å². The Morgan fingerprint density at radius 1 is 1.07 bits per heavy atom. The van der Waals surface area contributed by atoms with Crippen molar-refractivity contribution in [1.29, 1.82) is 0 Å². The van der Waals surface area contributed by atoms with Crippen molar-refractivity contribution in [2.45, 2.75) is 44.8 Å². The van der Waals surface area contributed by atoms with Gasteiger partial charge < -0.3 is 24.8 Å². The number of nitrogens with one attached hydrogen (secondary N) is 2. The summed E-state index contributed by atoms with van der Waals surface area (Å²) in [7, 11) is 1.68. The van der Waals surface area contributed by atoms with E-state index in [9.17, 15) is 0 Å². The Kier molecular flexibility index (Phi) is 7.92. The molecule has 2 N–H and O–H groups in total. The summed E-state index contributed by atoms with van der Waals surface area (Å²) in [5.41, 5.74) is 2.53. The summed E-state index contributed by atoms with van der Waals surface area (Å²) >= 11 is 0. The lowest BCUT2D eigenvalue weighted by molar-refractivity contribution is 0.0337. The molecule has 1 fully saturated rings. The first-order valence-corrected chi connectivity index (χ1v) is 10.6. The predicted molar refractivity (Wildman–Crippen MR) is 117 cm³/mol. The van der Waals surface area contributed by atoms with Crippen LogP contribution in [-0.2, 0) is 11.3 Å². The summed E-state index contributed by atoms with van der Waals surface area (Å²) in [4.78, 5) is 0. The van der Waals surface area contributed by atoms with Gasteiger partial charge in [0, 0.05) is 37.9 Å². The minimum absolute atomic E-state index is 0.0306. The molecule has 1 saturated heterocycles. The summed E-state index contributed by atoms with van der Waals surface area (Å²) in [6, 6.07) is 17.1. The van der Waals surface area contributed by atoms with E-state index in [2.05, 4.69) is 60.0 Å². The molecule has 1 aliphatic heterocycles. The Morgan fingerprint density at radius 2 is 1.83 bits per heavy atom. The van der Waals surface area contributed by atoms with Gasteiger partial charge in [-0.3, -0.25) is 0 Å². The smallest absolute Gasteiger partial charge is 0.161 e. The minimum atomic E-state index is 0.0306. The van der Waals surface area contributed by atoms with E-state index in [1.54, 1.807) is 7.11 Å². The van der Waals surface area contributed by atoms with Gasteiger partial charge in [0.15, 0.2) is 11.5 Å². The lowest BCUT2D eigenvalue weighted by Gasteiger charge is -2.41. The monoisotopic (exact) mass is 398 g/mol. The van der Waals surface area contributed by atoms with E-state index in [1.807, 2.05) is 13.0 Å². The average molecular weight is 399 g/mol. The maximum absolute atomic E-state index is 5.64. The summed E-state index contributed by atoms with van der Waals surface area (Å²) in [5, 5.41) is 7.55. The molecular weight excluding hydrogens is 364 g/mol. The molecular formula is C24H34N2O3. The zero-order valence-corrected chi connectivity index (χ0v) is 17.9. The van der Waals surface area contributed by atoms with Gasteiger partial charge in [-0.25, -0.2) is 0 Å². The van der Waals surface area contributed by atoms with E-state index in [1.165, 1.54) is 11.1 Å². The van der Waals surface area contributed by atoms with Crippen molar-refractivity contribution in [3.63, 3.8) is 0 Å². The molecule has 1 atom stereocenters. The van der Waals surface area contributed by atoms with Gasteiger partial charge in [0.1, 0.15) is 0 Å². The van der Waals surface area contributed by atoms with Gasteiger partial charge in [0.25, 0.3) is 0 Å². The second-order valence-electron chi connectivity index (χ2n) is 7.69. The predicted octanol–water partition coefficient (Wildman–Crippen LogP) is 4.08. The molecule has 0 aromatic heterocycles. The Bertz CT molecular complexity index is 745. The third kappa shape index (κ3) is 5.95. The van der Waals surface area contributed by atoms with Crippen LogP contribution in [0.25, 0.3) is 0 Å². The van der Waals surface area contributed by atoms with Crippen LogP contribution < -0.4 is 20.1 Å². The van der Waals surface area contributed by atoms with E-state index < -0.39 is 0 Å². The maximum atomic E-state index is 5.64. The molecule has 2 aromatic carbocycles. The van der Waals surface area contributed by atoms with Gasteiger partial charge in [0.2, 0.25) is 0 Å². The van der Waals surface area contributed by atoms with Crippen LogP contribution in [0.1, 0.15) is 43.9 Å². The summed E-state index contributed by atoms with van der Waals surface area (Å²) in [6.45, 7) is 8.12. The average Bonchev–Trinajstić information content (AvgIpc) is 2.76. The fourth-order valence-corrected chi connectivity index (χ4v) is 3.96. The number of rotatable bonds is 10. The fraction of sp³-hybridized carbons (Fsp3) is 0.500. The summed E-state index contributed by atoms with van der Waals surface area (Å²) < 4.78 is 16.7. The van der Waals surface area contributed by atoms with Crippen LogP contribution in [0.4, 0.5) is 0 Å². The van der Waals surface area contributed by atoms with Crippen molar-refractivity contribution in [3.05, 3.63) is 59.7 Å². The first kappa shape index (κ1) is 21.6. The zero-order chi connectivity index (χ0) is 20.5. The molecule has 5 nitrogen and oxygen atoms in total. The van der Waals surface area contributed by atoms with Crippen molar-refractivity contribution in [2.75, 3.05) is 33.5 Å². The van der Waals surface area contributed by atoms with Crippen molar-refractivity contribution in [1.82, 2.24) is 10.6 Å². The number of ether oxygens (including phenoxy) is 3. The molecule has 0 amide bonds. The van der Waals surface area contributed by atoms with E-state index >= 15 is 0 Å². The van der Waals surface area contributed by atoms with Gasteiger partial charge in [-0.05, 0) is 49.9 Å². The SMILES string of the molecule is CCOc1ccc(CNCC2(N[C@@H](C)c3ccccc3)CCOCC2)cc1OC. The van der Waals surface area contributed by atoms with E-state index in [-0.39, 0.29) is 5.54 Å². The highest BCUT2D eigenvalue weighted by atomic mass is 16.5. The molecule has 0 radical (unpaired) electrons. The van der Waals surface area contributed by atoms with Crippen LogP contribution in [-0.4, -0.2) is 39.0 Å². The van der Waals surface area contributed by atoms with E-state index in [0.717, 1.165) is 50.6 Å². The standard InChI is InChI=1S/C24H34N2O3/c1-4-29-22-11-10-20(16-23(22)27-3)17-25-18-24(12-14-28-15-13-24)26-19(2)21-8-6-5-7-9-21/h5-11,16,19,25-26H,4,12-15,17-18H2,1-3H3/t19-/m0/s1. The summed E-state index contributed by atoms with van der Waals surface area (Å²) in [6.07, 6.45) is 2.01. The number of benzene rings is 2. The molecule has 29 heavy (non-hydrogen) atoms.